The van der Waals surface area contributed by atoms with E-state index in [1.165, 1.54) is 22.6 Å². The first-order valence-corrected chi connectivity index (χ1v) is 11.2. The second-order valence-corrected chi connectivity index (χ2v) is 9.18. The summed E-state index contributed by atoms with van der Waals surface area (Å²) in [5.41, 5.74) is 0.858. The van der Waals surface area contributed by atoms with Crippen molar-refractivity contribution >= 4 is 22.0 Å². The van der Waals surface area contributed by atoms with E-state index < -0.39 is 10.0 Å². The molecule has 2 aliphatic rings. The Morgan fingerprint density at radius 2 is 1.74 bits per heavy atom. The molecule has 0 bridgehead atoms. The van der Waals surface area contributed by atoms with Crippen molar-refractivity contribution in [3.63, 3.8) is 0 Å². The normalized spacial score (nSPS) is 21.5. The van der Waals surface area contributed by atoms with Gasteiger partial charge in [-0.3, -0.25) is 9.69 Å². The van der Waals surface area contributed by atoms with E-state index in [-0.39, 0.29) is 11.9 Å². The molecule has 1 aliphatic heterocycles. The molecular formula is C20H29N3O3S. The zero-order chi connectivity index (χ0) is 19.3. The van der Waals surface area contributed by atoms with Gasteiger partial charge in [0.25, 0.3) is 0 Å². The van der Waals surface area contributed by atoms with Crippen molar-refractivity contribution in [2.45, 2.75) is 44.7 Å². The third-order valence-electron chi connectivity index (χ3n) is 5.49. The lowest BCUT2D eigenvalue weighted by molar-refractivity contribution is -0.127. The minimum atomic E-state index is -3.44. The SMILES string of the molecule is C[C@@H](C(=O)NC1CCCC1)N1CCN(S(=O)(=O)/C=C/c2ccccc2)CC1. The molecule has 0 aromatic heterocycles. The van der Waals surface area contributed by atoms with Crippen LogP contribution in [0, 0.1) is 0 Å². The predicted octanol–water partition coefficient (Wildman–Crippen LogP) is 2.05. The van der Waals surface area contributed by atoms with Gasteiger partial charge in [-0.15, -0.1) is 0 Å². The Balaban J connectivity index is 1.51. The van der Waals surface area contributed by atoms with Crippen LogP contribution in [0.25, 0.3) is 6.08 Å². The summed E-state index contributed by atoms with van der Waals surface area (Å²) in [5, 5.41) is 4.40. The summed E-state index contributed by atoms with van der Waals surface area (Å²) in [6.45, 7) is 3.85. The summed E-state index contributed by atoms with van der Waals surface area (Å²) in [6.07, 6.45) is 6.13. The molecule has 0 unspecified atom stereocenters. The number of sulfonamides is 1. The highest BCUT2D eigenvalue weighted by Gasteiger charge is 2.30. The van der Waals surface area contributed by atoms with E-state index in [9.17, 15) is 13.2 Å². The molecule has 6 nitrogen and oxygen atoms in total. The highest BCUT2D eigenvalue weighted by atomic mass is 32.2. The van der Waals surface area contributed by atoms with Crippen molar-refractivity contribution in [1.82, 2.24) is 14.5 Å². The van der Waals surface area contributed by atoms with Gasteiger partial charge in [0.2, 0.25) is 15.9 Å². The fourth-order valence-corrected chi connectivity index (χ4v) is 4.89. The topological polar surface area (TPSA) is 69.7 Å². The van der Waals surface area contributed by atoms with Gasteiger partial charge in [0.05, 0.1) is 6.04 Å². The molecule has 1 aromatic carbocycles. The van der Waals surface area contributed by atoms with Crippen molar-refractivity contribution in [3.8, 4) is 0 Å². The molecule has 1 amide bonds. The van der Waals surface area contributed by atoms with Crippen molar-refractivity contribution in [2.75, 3.05) is 26.2 Å². The molecule has 1 aliphatic carbocycles. The lowest BCUT2D eigenvalue weighted by Gasteiger charge is -2.36. The number of hydrogen-bond donors (Lipinski definition) is 1. The van der Waals surface area contributed by atoms with Crippen molar-refractivity contribution in [2.24, 2.45) is 0 Å². The number of carbonyl (C=O) groups is 1. The molecular weight excluding hydrogens is 362 g/mol. The van der Waals surface area contributed by atoms with Gasteiger partial charge in [-0.05, 0) is 31.4 Å². The molecule has 1 heterocycles. The molecule has 0 spiro atoms. The van der Waals surface area contributed by atoms with E-state index in [1.807, 2.05) is 37.3 Å². The van der Waals surface area contributed by atoms with Crippen LogP contribution in [-0.4, -0.2) is 61.8 Å². The fraction of sp³-hybridized carbons (Fsp3) is 0.550. The number of hydrogen-bond acceptors (Lipinski definition) is 4. The first-order chi connectivity index (χ1) is 13.0. The standard InChI is InChI=1S/C20H29N3O3S/c1-17(20(24)21-19-9-5-6-10-19)22-12-14-23(15-13-22)27(25,26)16-11-18-7-3-2-4-8-18/h2-4,7-8,11,16-17,19H,5-6,9-10,12-15H2,1H3,(H,21,24)/b16-11+/t17-/m0/s1. The summed E-state index contributed by atoms with van der Waals surface area (Å²) in [4.78, 5) is 14.5. The quantitative estimate of drug-likeness (QED) is 0.806. The monoisotopic (exact) mass is 391 g/mol. The maximum absolute atomic E-state index is 12.5. The Hall–Kier alpha value is -1.70. The van der Waals surface area contributed by atoms with Crippen LogP contribution >= 0.6 is 0 Å². The third-order valence-corrected chi connectivity index (χ3v) is 7.06. The summed E-state index contributed by atoms with van der Waals surface area (Å²) in [7, 11) is -3.44. The van der Waals surface area contributed by atoms with Gasteiger partial charge in [-0.25, -0.2) is 8.42 Å². The highest BCUT2D eigenvalue weighted by molar-refractivity contribution is 7.92. The minimum Gasteiger partial charge on any atom is -0.352 e. The molecule has 0 radical (unpaired) electrons. The van der Waals surface area contributed by atoms with Crippen molar-refractivity contribution < 1.29 is 13.2 Å². The Morgan fingerprint density at radius 3 is 2.37 bits per heavy atom. The van der Waals surface area contributed by atoms with E-state index in [2.05, 4.69) is 10.2 Å². The summed E-state index contributed by atoms with van der Waals surface area (Å²) >= 11 is 0. The molecule has 1 atom stereocenters. The maximum atomic E-state index is 12.5. The van der Waals surface area contributed by atoms with Gasteiger partial charge in [-0.2, -0.15) is 4.31 Å². The Labute approximate surface area is 162 Å². The average Bonchev–Trinajstić information content (AvgIpc) is 3.20. The van der Waals surface area contributed by atoms with Gasteiger partial charge in [0.1, 0.15) is 0 Å². The van der Waals surface area contributed by atoms with E-state index >= 15 is 0 Å². The molecule has 7 heteroatoms. The minimum absolute atomic E-state index is 0.0576. The number of nitrogens with zero attached hydrogens (tertiary/aromatic N) is 2. The van der Waals surface area contributed by atoms with Gasteiger partial charge in [0, 0.05) is 37.6 Å². The number of piperazine rings is 1. The largest absolute Gasteiger partial charge is 0.352 e. The third kappa shape index (κ3) is 5.40. The van der Waals surface area contributed by atoms with Gasteiger partial charge in [0.15, 0.2) is 0 Å². The number of nitrogens with one attached hydrogen (secondary N) is 1. The fourth-order valence-electron chi connectivity index (χ4n) is 3.72. The molecule has 1 N–H and O–H groups in total. The van der Waals surface area contributed by atoms with Crippen LogP contribution in [0.4, 0.5) is 0 Å². The second-order valence-electron chi connectivity index (χ2n) is 7.36. The highest BCUT2D eigenvalue weighted by Crippen LogP contribution is 2.18. The molecule has 2 fully saturated rings. The van der Waals surface area contributed by atoms with Crippen LogP contribution in [0.2, 0.25) is 0 Å². The Kier molecular flexibility index (Phi) is 6.68. The van der Waals surface area contributed by atoms with E-state index in [1.54, 1.807) is 6.08 Å². The Bertz CT molecular complexity index is 750. The van der Waals surface area contributed by atoms with Crippen molar-refractivity contribution in [3.05, 3.63) is 41.3 Å². The van der Waals surface area contributed by atoms with Crippen LogP contribution < -0.4 is 5.32 Å². The first-order valence-electron chi connectivity index (χ1n) is 9.73. The molecule has 1 aromatic rings. The van der Waals surface area contributed by atoms with E-state index in [0.29, 0.717) is 32.2 Å². The van der Waals surface area contributed by atoms with Crippen molar-refractivity contribution in [1.29, 1.82) is 0 Å². The van der Waals surface area contributed by atoms with E-state index in [0.717, 1.165) is 18.4 Å². The van der Waals surface area contributed by atoms with Crippen LogP contribution in [0.15, 0.2) is 35.7 Å². The molecule has 3 rings (SSSR count). The lowest BCUT2D eigenvalue weighted by atomic mass is 10.2. The predicted molar refractivity (Wildman–Crippen MR) is 107 cm³/mol. The zero-order valence-electron chi connectivity index (χ0n) is 15.9. The van der Waals surface area contributed by atoms with Crippen LogP contribution in [0.1, 0.15) is 38.2 Å². The summed E-state index contributed by atoms with van der Waals surface area (Å²) < 4.78 is 26.6. The molecule has 1 saturated heterocycles. The zero-order valence-corrected chi connectivity index (χ0v) is 16.7. The first kappa shape index (κ1) is 20.0. The molecule has 1 saturated carbocycles. The van der Waals surface area contributed by atoms with Crippen LogP contribution in [0.5, 0.6) is 0 Å². The average molecular weight is 392 g/mol. The van der Waals surface area contributed by atoms with Gasteiger partial charge < -0.3 is 5.32 Å². The summed E-state index contributed by atoms with van der Waals surface area (Å²) in [6, 6.07) is 9.48. The van der Waals surface area contributed by atoms with Gasteiger partial charge >= 0.3 is 0 Å². The van der Waals surface area contributed by atoms with Gasteiger partial charge in [-0.1, -0.05) is 43.2 Å². The lowest BCUT2D eigenvalue weighted by Crippen LogP contribution is -2.55. The number of benzene rings is 1. The number of carbonyl (C=O) groups excluding carboxylic acids is 1. The Morgan fingerprint density at radius 1 is 1.11 bits per heavy atom. The van der Waals surface area contributed by atoms with Crippen LogP contribution in [-0.2, 0) is 14.8 Å². The second kappa shape index (κ2) is 8.99. The summed E-state index contributed by atoms with van der Waals surface area (Å²) in [5.74, 6) is 0.0576. The maximum Gasteiger partial charge on any atom is 0.237 e. The molecule has 27 heavy (non-hydrogen) atoms. The van der Waals surface area contributed by atoms with E-state index in [4.69, 9.17) is 0 Å². The molecule has 148 valence electrons. The number of amides is 1. The number of rotatable bonds is 6. The smallest absolute Gasteiger partial charge is 0.237 e. The van der Waals surface area contributed by atoms with Crippen LogP contribution in [0.3, 0.4) is 0 Å².